The molecule has 2 unspecified atom stereocenters. The van der Waals surface area contributed by atoms with Crippen LogP contribution in [-0.4, -0.2) is 54.6 Å². The Morgan fingerprint density at radius 3 is 2.32 bits per heavy atom. The molecule has 1 saturated heterocycles. The molecule has 2 atom stereocenters. The Morgan fingerprint density at radius 1 is 1.05 bits per heavy atom. The van der Waals surface area contributed by atoms with E-state index >= 15 is 0 Å². The molecule has 0 spiro atoms. The van der Waals surface area contributed by atoms with Gasteiger partial charge in [-0.25, -0.2) is 0 Å². The number of nitrogens with two attached hydrogens (primary N) is 1. The Morgan fingerprint density at radius 2 is 1.79 bits per heavy atom. The van der Waals surface area contributed by atoms with Gasteiger partial charge in [-0.2, -0.15) is 0 Å². The SMILES string of the molecule is CCC1CCC(CN)(N2CCN(CC3CC3)CC2)C1. The molecule has 0 bridgehead atoms. The quantitative estimate of drug-likeness (QED) is 0.824. The summed E-state index contributed by atoms with van der Waals surface area (Å²) in [4.78, 5) is 5.43. The van der Waals surface area contributed by atoms with E-state index in [0.717, 1.165) is 18.4 Å². The minimum Gasteiger partial charge on any atom is -0.329 e. The average Bonchev–Trinajstić information content (AvgIpc) is 3.16. The molecule has 1 heterocycles. The van der Waals surface area contributed by atoms with Crippen LogP contribution in [0.1, 0.15) is 45.4 Å². The molecule has 0 aromatic carbocycles. The van der Waals surface area contributed by atoms with Crippen LogP contribution in [0.25, 0.3) is 0 Å². The number of hydrogen-bond acceptors (Lipinski definition) is 3. The maximum absolute atomic E-state index is 6.19. The topological polar surface area (TPSA) is 32.5 Å². The summed E-state index contributed by atoms with van der Waals surface area (Å²) in [6.07, 6.45) is 8.38. The first kappa shape index (κ1) is 13.8. The molecule has 3 heteroatoms. The zero-order chi connectivity index (χ0) is 13.3. The van der Waals surface area contributed by atoms with Gasteiger partial charge in [0.2, 0.25) is 0 Å². The van der Waals surface area contributed by atoms with Crippen molar-refractivity contribution in [2.75, 3.05) is 39.3 Å². The van der Waals surface area contributed by atoms with Gasteiger partial charge in [0.05, 0.1) is 0 Å². The van der Waals surface area contributed by atoms with Gasteiger partial charge in [-0.05, 0) is 43.9 Å². The lowest BCUT2D eigenvalue weighted by Gasteiger charge is -2.46. The molecule has 0 amide bonds. The van der Waals surface area contributed by atoms with E-state index in [1.807, 2.05) is 0 Å². The first-order chi connectivity index (χ1) is 9.25. The lowest BCUT2D eigenvalue weighted by molar-refractivity contribution is 0.0357. The zero-order valence-electron chi connectivity index (χ0n) is 12.6. The Hall–Kier alpha value is -0.120. The lowest BCUT2D eigenvalue weighted by Crippen LogP contribution is -2.59. The van der Waals surface area contributed by atoms with E-state index in [-0.39, 0.29) is 0 Å². The van der Waals surface area contributed by atoms with Gasteiger partial charge >= 0.3 is 0 Å². The minimum absolute atomic E-state index is 0.354. The van der Waals surface area contributed by atoms with Crippen molar-refractivity contribution in [3.8, 4) is 0 Å². The molecule has 19 heavy (non-hydrogen) atoms. The highest BCUT2D eigenvalue weighted by molar-refractivity contribution is 5.00. The van der Waals surface area contributed by atoms with Crippen LogP contribution >= 0.6 is 0 Å². The molecule has 0 aromatic heterocycles. The smallest absolute Gasteiger partial charge is 0.0335 e. The average molecular weight is 265 g/mol. The third-order valence-electron chi connectivity index (χ3n) is 5.90. The second-order valence-corrected chi connectivity index (χ2v) is 7.18. The molecule has 110 valence electrons. The predicted octanol–water partition coefficient (Wildman–Crippen LogP) is 1.92. The van der Waals surface area contributed by atoms with Gasteiger partial charge < -0.3 is 10.6 Å². The highest BCUT2D eigenvalue weighted by atomic mass is 15.3. The molecule has 3 fully saturated rings. The van der Waals surface area contributed by atoms with Gasteiger partial charge in [0.15, 0.2) is 0 Å². The highest BCUT2D eigenvalue weighted by Gasteiger charge is 2.43. The summed E-state index contributed by atoms with van der Waals surface area (Å²) in [5.74, 6) is 1.96. The Kier molecular flexibility index (Phi) is 4.16. The van der Waals surface area contributed by atoms with Crippen LogP contribution < -0.4 is 5.73 Å². The van der Waals surface area contributed by atoms with Gasteiger partial charge in [0, 0.05) is 44.8 Å². The monoisotopic (exact) mass is 265 g/mol. The van der Waals surface area contributed by atoms with E-state index in [1.165, 1.54) is 71.2 Å². The lowest BCUT2D eigenvalue weighted by atomic mass is 9.92. The van der Waals surface area contributed by atoms with Crippen LogP contribution in [0, 0.1) is 11.8 Å². The van der Waals surface area contributed by atoms with Gasteiger partial charge in [0.25, 0.3) is 0 Å². The Labute approximate surface area is 118 Å². The zero-order valence-corrected chi connectivity index (χ0v) is 12.6. The van der Waals surface area contributed by atoms with Crippen LogP contribution in [-0.2, 0) is 0 Å². The fraction of sp³-hybridized carbons (Fsp3) is 1.00. The Bertz CT molecular complexity index is 294. The summed E-state index contributed by atoms with van der Waals surface area (Å²) in [5, 5.41) is 0. The summed E-state index contributed by atoms with van der Waals surface area (Å²) < 4.78 is 0. The molecule has 2 saturated carbocycles. The van der Waals surface area contributed by atoms with Gasteiger partial charge in [-0.1, -0.05) is 13.3 Å². The molecule has 3 nitrogen and oxygen atoms in total. The summed E-state index contributed by atoms with van der Waals surface area (Å²) in [7, 11) is 0. The number of nitrogens with zero attached hydrogens (tertiary/aromatic N) is 2. The normalized spacial score (nSPS) is 37.9. The standard InChI is InChI=1S/C16H31N3/c1-2-14-5-6-16(11-14,13-17)19-9-7-18(8-10-19)12-15-3-4-15/h14-15H,2-13,17H2,1H3. The number of hydrogen-bond donors (Lipinski definition) is 1. The first-order valence-electron chi connectivity index (χ1n) is 8.43. The molecule has 3 aliphatic rings. The molecular weight excluding hydrogens is 234 g/mol. The Balaban J connectivity index is 1.53. The van der Waals surface area contributed by atoms with E-state index in [0.29, 0.717) is 5.54 Å². The number of piperazine rings is 1. The van der Waals surface area contributed by atoms with E-state index in [9.17, 15) is 0 Å². The van der Waals surface area contributed by atoms with Crippen molar-refractivity contribution < 1.29 is 0 Å². The fourth-order valence-electron chi connectivity index (χ4n) is 4.23. The maximum atomic E-state index is 6.19. The maximum Gasteiger partial charge on any atom is 0.0335 e. The molecule has 0 aromatic rings. The van der Waals surface area contributed by atoms with Gasteiger partial charge in [0.1, 0.15) is 0 Å². The summed E-state index contributed by atoms with van der Waals surface area (Å²) in [6, 6.07) is 0. The van der Waals surface area contributed by atoms with Crippen molar-refractivity contribution in [2.45, 2.75) is 51.0 Å². The van der Waals surface area contributed by atoms with Crippen LogP contribution in [0.2, 0.25) is 0 Å². The minimum atomic E-state index is 0.354. The third kappa shape index (κ3) is 2.98. The van der Waals surface area contributed by atoms with E-state index in [4.69, 9.17) is 5.73 Å². The molecular formula is C16H31N3. The largest absolute Gasteiger partial charge is 0.329 e. The second kappa shape index (κ2) is 5.71. The van der Waals surface area contributed by atoms with Crippen molar-refractivity contribution >= 4 is 0 Å². The molecule has 2 aliphatic carbocycles. The van der Waals surface area contributed by atoms with Crippen LogP contribution in [0.3, 0.4) is 0 Å². The summed E-state index contributed by atoms with van der Waals surface area (Å²) >= 11 is 0. The van der Waals surface area contributed by atoms with Crippen LogP contribution in [0.5, 0.6) is 0 Å². The molecule has 0 radical (unpaired) electrons. The van der Waals surface area contributed by atoms with Crippen molar-refractivity contribution in [2.24, 2.45) is 17.6 Å². The number of rotatable bonds is 5. The summed E-state index contributed by atoms with van der Waals surface area (Å²) in [6.45, 7) is 9.61. The van der Waals surface area contributed by atoms with E-state index in [1.54, 1.807) is 0 Å². The summed E-state index contributed by atoms with van der Waals surface area (Å²) in [5.41, 5.74) is 6.54. The molecule has 2 N–H and O–H groups in total. The molecule has 1 aliphatic heterocycles. The highest BCUT2D eigenvalue weighted by Crippen LogP contribution is 2.40. The van der Waals surface area contributed by atoms with Crippen molar-refractivity contribution in [1.82, 2.24) is 9.80 Å². The van der Waals surface area contributed by atoms with Crippen LogP contribution in [0.15, 0.2) is 0 Å². The van der Waals surface area contributed by atoms with Crippen molar-refractivity contribution in [3.05, 3.63) is 0 Å². The van der Waals surface area contributed by atoms with E-state index < -0.39 is 0 Å². The van der Waals surface area contributed by atoms with E-state index in [2.05, 4.69) is 16.7 Å². The van der Waals surface area contributed by atoms with Gasteiger partial charge in [-0.3, -0.25) is 4.90 Å². The third-order valence-corrected chi connectivity index (χ3v) is 5.90. The fourth-order valence-corrected chi connectivity index (χ4v) is 4.23. The second-order valence-electron chi connectivity index (χ2n) is 7.18. The van der Waals surface area contributed by atoms with Crippen LogP contribution in [0.4, 0.5) is 0 Å². The van der Waals surface area contributed by atoms with Crippen molar-refractivity contribution in [1.29, 1.82) is 0 Å². The predicted molar refractivity (Wildman–Crippen MR) is 80.2 cm³/mol. The van der Waals surface area contributed by atoms with Gasteiger partial charge in [-0.15, -0.1) is 0 Å². The van der Waals surface area contributed by atoms with Crippen molar-refractivity contribution in [3.63, 3.8) is 0 Å². The molecule has 3 rings (SSSR count). The first-order valence-corrected chi connectivity index (χ1v) is 8.43.